The molecule has 0 amide bonds. The highest BCUT2D eigenvalue weighted by Crippen LogP contribution is 2.27. The molecule has 0 aliphatic heterocycles. The Labute approximate surface area is 131 Å². The zero-order chi connectivity index (χ0) is 14.5. The summed E-state index contributed by atoms with van der Waals surface area (Å²) in [6.07, 6.45) is 0. The number of esters is 1. The van der Waals surface area contributed by atoms with E-state index in [4.69, 9.17) is 4.74 Å². The lowest BCUT2D eigenvalue weighted by Crippen LogP contribution is -2.15. The van der Waals surface area contributed by atoms with Crippen LogP contribution < -0.4 is 0 Å². The SMILES string of the molecule is COC(=O)C(CI)c1ccc(-c2ccccc2)c(F)c1. The zero-order valence-electron chi connectivity index (χ0n) is 11.0. The Morgan fingerprint density at radius 3 is 2.50 bits per heavy atom. The Hall–Kier alpha value is -1.43. The van der Waals surface area contributed by atoms with Gasteiger partial charge in [-0.3, -0.25) is 4.79 Å². The van der Waals surface area contributed by atoms with Crippen molar-refractivity contribution < 1.29 is 13.9 Å². The summed E-state index contributed by atoms with van der Waals surface area (Å²) in [4.78, 5) is 11.7. The van der Waals surface area contributed by atoms with E-state index in [9.17, 15) is 9.18 Å². The highest BCUT2D eigenvalue weighted by atomic mass is 127. The molecule has 20 heavy (non-hydrogen) atoms. The maximum absolute atomic E-state index is 14.2. The molecule has 0 spiro atoms. The van der Waals surface area contributed by atoms with Crippen LogP contribution in [0, 0.1) is 5.82 Å². The van der Waals surface area contributed by atoms with Gasteiger partial charge in [0.15, 0.2) is 0 Å². The minimum Gasteiger partial charge on any atom is -0.469 e. The van der Waals surface area contributed by atoms with Crippen molar-refractivity contribution in [2.24, 2.45) is 0 Å². The molecule has 0 fully saturated rings. The summed E-state index contributed by atoms with van der Waals surface area (Å²) in [6.45, 7) is 0. The largest absolute Gasteiger partial charge is 0.469 e. The van der Waals surface area contributed by atoms with E-state index in [1.165, 1.54) is 13.2 Å². The van der Waals surface area contributed by atoms with Crippen molar-refractivity contribution in [2.45, 2.75) is 5.92 Å². The lowest BCUT2D eigenvalue weighted by molar-refractivity contribution is -0.141. The maximum atomic E-state index is 14.2. The van der Waals surface area contributed by atoms with Gasteiger partial charge in [-0.15, -0.1) is 0 Å². The van der Waals surface area contributed by atoms with Crippen LogP contribution in [0.1, 0.15) is 11.5 Å². The molecule has 0 bridgehead atoms. The molecule has 2 aromatic carbocycles. The standard InChI is InChI=1S/C16H14FIO2/c1-20-16(19)14(10-18)12-7-8-13(15(17)9-12)11-5-3-2-4-6-11/h2-9,14H,10H2,1H3. The molecule has 0 radical (unpaired) electrons. The molecular weight excluding hydrogens is 370 g/mol. The van der Waals surface area contributed by atoms with Gasteiger partial charge in [0.1, 0.15) is 5.82 Å². The lowest BCUT2D eigenvalue weighted by Gasteiger charge is -2.13. The second-order valence-electron chi connectivity index (χ2n) is 4.34. The topological polar surface area (TPSA) is 26.3 Å². The summed E-state index contributed by atoms with van der Waals surface area (Å²) in [7, 11) is 1.34. The van der Waals surface area contributed by atoms with Gasteiger partial charge in [0, 0.05) is 9.99 Å². The third-order valence-corrected chi connectivity index (χ3v) is 4.00. The van der Waals surface area contributed by atoms with E-state index >= 15 is 0 Å². The quantitative estimate of drug-likeness (QED) is 0.449. The molecule has 2 nitrogen and oxygen atoms in total. The normalized spacial score (nSPS) is 11.9. The first kappa shape index (κ1) is 15.0. The number of hydrogen-bond donors (Lipinski definition) is 0. The first-order valence-corrected chi connectivity index (χ1v) is 7.68. The van der Waals surface area contributed by atoms with Gasteiger partial charge in [0.2, 0.25) is 0 Å². The number of halogens is 2. The van der Waals surface area contributed by atoms with Crippen molar-refractivity contribution >= 4 is 28.6 Å². The maximum Gasteiger partial charge on any atom is 0.313 e. The van der Waals surface area contributed by atoms with Crippen molar-refractivity contribution in [3.05, 3.63) is 59.9 Å². The number of methoxy groups -OCH3 is 1. The first-order chi connectivity index (χ1) is 9.67. The number of carbonyl (C=O) groups is 1. The van der Waals surface area contributed by atoms with Crippen LogP contribution in [-0.4, -0.2) is 17.5 Å². The molecule has 2 rings (SSSR count). The molecule has 0 aromatic heterocycles. The van der Waals surface area contributed by atoms with Gasteiger partial charge in [-0.05, 0) is 17.2 Å². The first-order valence-electron chi connectivity index (χ1n) is 6.16. The lowest BCUT2D eigenvalue weighted by atomic mass is 9.97. The molecule has 0 saturated heterocycles. The van der Waals surface area contributed by atoms with E-state index in [-0.39, 0.29) is 11.8 Å². The fraction of sp³-hybridized carbons (Fsp3) is 0.188. The summed E-state index contributed by atoms with van der Waals surface area (Å²) in [5, 5.41) is 0. The van der Waals surface area contributed by atoms with Crippen molar-refractivity contribution in [1.29, 1.82) is 0 Å². The summed E-state index contributed by atoms with van der Waals surface area (Å²) in [5.41, 5.74) is 2.00. The Morgan fingerprint density at radius 1 is 1.25 bits per heavy atom. The van der Waals surface area contributed by atoms with Gasteiger partial charge in [-0.1, -0.05) is 65.1 Å². The smallest absolute Gasteiger partial charge is 0.313 e. The number of benzene rings is 2. The Balaban J connectivity index is 2.37. The van der Waals surface area contributed by atoms with Gasteiger partial charge >= 0.3 is 5.97 Å². The fourth-order valence-corrected chi connectivity index (χ4v) is 2.90. The van der Waals surface area contributed by atoms with Crippen LogP contribution in [0.3, 0.4) is 0 Å². The van der Waals surface area contributed by atoms with Crippen molar-refractivity contribution in [3.8, 4) is 11.1 Å². The van der Waals surface area contributed by atoms with E-state index in [1.807, 2.05) is 30.3 Å². The molecule has 0 N–H and O–H groups in total. The molecule has 1 atom stereocenters. The van der Waals surface area contributed by atoms with Gasteiger partial charge < -0.3 is 4.74 Å². The van der Waals surface area contributed by atoms with E-state index in [0.29, 0.717) is 15.6 Å². The van der Waals surface area contributed by atoms with Crippen molar-refractivity contribution in [2.75, 3.05) is 11.5 Å². The summed E-state index contributed by atoms with van der Waals surface area (Å²) in [5.74, 6) is -1.10. The minimum absolute atomic E-state index is 0.326. The number of rotatable bonds is 4. The average Bonchev–Trinajstić information content (AvgIpc) is 2.49. The van der Waals surface area contributed by atoms with Gasteiger partial charge in [0.25, 0.3) is 0 Å². The van der Waals surface area contributed by atoms with Crippen LogP contribution in [0.15, 0.2) is 48.5 Å². The minimum atomic E-state index is -0.431. The van der Waals surface area contributed by atoms with Crippen LogP contribution >= 0.6 is 22.6 Å². The van der Waals surface area contributed by atoms with Crippen molar-refractivity contribution in [1.82, 2.24) is 0 Å². The van der Waals surface area contributed by atoms with E-state index in [2.05, 4.69) is 22.6 Å². The summed E-state index contributed by atoms with van der Waals surface area (Å²) >= 11 is 2.10. The second kappa shape index (κ2) is 6.83. The van der Waals surface area contributed by atoms with Crippen LogP contribution in [-0.2, 0) is 9.53 Å². The second-order valence-corrected chi connectivity index (χ2v) is 5.22. The monoisotopic (exact) mass is 384 g/mol. The average molecular weight is 384 g/mol. The highest BCUT2D eigenvalue weighted by molar-refractivity contribution is 14.1. The summed E-state index contributed by atoms with van der Waals surface area (Å²) in [6, 6.07) is 14.2. The molecule has 0 aliphatic carbocycles. The molecule has 2 aromatic rings. The third-order valence-electron chi connectivity index (χ3n) is 3.12. The van der Waals surface area contributed by atoms with E-state index in [0.717, 1.165) is 5.56 Å². The number of hydrogen-bond acceptors (Lipinski definition) is 2. The Morgan fingerprint density at radius 2 is 1.95 bits per heavy atom. The molecule has 1 unspecified atom stereocenters. The molecular formula is C16H14FIO2. The predicted molar refractivity (Wildman–Crippen MR) is 85.5 cm³/mol. The zero-order valence-corrected chi connectivity index (χ0v) is 13.1. The Bertz CT molecular complexity index is 599. The van der Waals surface area contributed by atoms with Crippen LogP contribution in [0.25, 0.3) is 11.1 Å². The number of alkyl halides is 1. The molecule has 0 heterocycles. The van der Waals surface area contributed by atoms with Crippen LogP contribution in [0.2, 0.25) is 0 Å². The fourth-order valence-electron chi connectivity index (χ4n) is 2.03. The third kappa shape index (κ3) is 3.17. The molecule has 104 valence electrons. The predicted octanol–water partition coefficient (Wildman–Crippen LogP) is 4.18. The number of carbonyl (C=O) groups excluding carboxylic acids is 1. The molecule has 0 aliphatic rings. The van der Waals surface area contributed by atoms with Gasteiger partial charge in [-0.2, -0.15) is 0 Å². The van der Waals surface area contributed by atoms with E-state index in [1.54, 1.807) is 12.1 Å². The van der Waals surface area contributed by atoms with Gasteiger partial charge in [0.05, 0.1) is 13.0 Å². The van der Waals surface area contributed by atoms with Gasteiger partial charge in [-0.25, -0.2) is 4.39 Å². The van der Waals surface area contributed by atoms with E-state index < -0.39 is 5.92 Å². The summed E-state index contributed by atoms with van der Waals surface area (Å²) < 4.78 is 19.5. The highest BCUT2D eigenvalue weighted by Gasteiger charge is 2.21. The van der Waals surface area contributed by atoms with Crippen LogP contribution in [0.4, 0.5) is 4.39 Å². The van der Waals surface area contributed by atoms with Crippen molar-refractivity contribution in [3.63, 3.8) is 0 Å². The number of ether oxygens (including phenoxy) is 1. The molecule has 4 heteroatoms. The molecule has 0 saturated carbocycles. The Kier molecular flexibility index (Phi) is 5.11. The van der Waals surface area contributed by atoms with Crippen LogP contribution in [0.5, 0.6) is 0 Å².